The fourth-order valence-electron chi connectivity index (χ4n) is 3.80. The molecule has 1 fully saturated rings. The minimum atomic E-state index is -0.0789. The number of benzene rings is 1. The highest BCUT2D eigenvalue weighted by Crippen LogP contribution is 2.40. The van der Waals surface area contributed by atoms with Crippen molar-refractivity contribution in [2.24, 2.45) is 0 Å². The topological polar surface area (TPSA) is 59.8 Å². The van der Waals surface area contributed by atoms with Gasteiger partial charge in [0.15, 0.2) is 5.65 Å². The number of amides is 1. The highest BCUT2D eigenvalue weighted by Gasteiger charge is 2.29. The monoisotopic (exact) mass is 376 g/mol. The average molecular weight is 377 g/mol. The molecule has 28 heavy (non-hydrogen) atoms. The van der Waals surface area contributed by atoms with Crippen LogP contribution in [0.5, 0.6) is 0 Å². The summed E-state index contributed by atoms with van der Waals surface area (Å²) in [4.78, 5) is 18.2. The van der Waals surface area contributed by atoms with Crippen molar-refractivity contribution in [2.75, 3.05) is 5.32 Å². The normalized spacial score (nSPS) is 13.9. The molecule has 0 saturated heterocycles. The molecular formula is C23H28N4O. The Morgan fingerprint density at radius 3 is 2.57 bits per heavy atom. The van der Waals surface area contributed by atoms with E-state index in [0.717, 1.165) is 71.5 Å². The molecule has 5 heteroatoms. The lowest BCUT2D eigenvalue weighted by Gasteiger charge is -2.13. The fourth-order valence-corrected chi connectivity index (χ4v) is 3.80. The second-order valence-electron chi connectivity index (χ2n) is 7.95. The summed E-state index contributed by atoms with van der Waals surface area (Å²) in [5, 5.41) is 8.74. The number of anilines is 1. The van der Waals surface area contributed by atoms with Crippen LogP contribution in [0.15, 0.2) is 24.3 Å². The van der Waals surface area contributed by atoms with Crippen molar-refractivity contribution in [1.29, 1.82) is 0 Å². The van der Waals surface area contributed by atoms with Crippen LogP contribution in [-0.4, -0.2) is 20.7 Å². The van der Waals surface area contributed by atoms with Gasteiger partial charge in [0.05, 0.1) is 16.6 Å². The smallest absolute Gasteiger partial charge is 0.256 e. The van der Waals surface area contributed by atoms with Gasteiger partial charge in [0, 0.05) is 23.8 Å². The third-order valence-corrected chi connectivity index (χ3v) is 5.58. The number of carbonyl (C=O) groups is 1. The summed E-state index contributed by atoms with van der Waals surface area (Å²) in [6, 6.07) is 8.04. The maximum atomic E-state index is 13.3. The number of pyridine rings is 1. The summed E-state index contributed by atoms with van der Waals surface area (Å²) < 4.78 is 1.98. The van der Waals surface area contributed by atoms with E-state index in [1.54, 1.807) is 0 Å². The Kier molecular flexibility index (Phi) is 4.92. The highest BCUT2D eigenvalue weighted by atomic mass is 16.1. The van der Waals surface area contributed by atoms with Crippen molar-refractivity contribution in [3.8, 4) is 0 Å². The molecule has 1 aliphatic carbocycles. The van der Waals surface area contributed by atoms with Gasteiger partial charge in [0.1, 0.15) is 0 Å². The van der Waals surface area contributed by atoms with Crippen molar-refractivity contribution >= 4 is 22.6 Å². The average Bonchev–Trinajstić information content (AvgIpc) is 3.47. The van der Waals surface area contributed by atoms with Crippen LogP contribution in [0, 0.1) is 20.8 Å². The Hall–Kier alpha value is -2.69. The third kappa shape index (κ3) is 3.41. The molecule has 0 radical (unpaired) electrons. The summed E-state index contributed by atoms with van der Waals surface area (Å²) in [5.74, 6) is 0.399. The van der Waals surface area contributed by atoms with E-state index < -0.39 is 0 Å². The van der Waals surface area contributed by atoms with Crippen molar-refractivity contribution in [2.45, 2.75) is 65.8 Å². The quantitative estimate of drug-likeness (QED) is 0.636. The molecule has 2 aromatic heterocycles. The van der Waals surface area contributed by atoms with Gasteiger partial charge in [-0.15, -0.1) is 0 Å². The molecule has 146 valence electrons. The number of rotatable bonds is 6. The lowest BCUT2D eigenvalue weighted by atomic mass is 10.1. The van der Waals surface area contributed by atoms with Crippen LogP contribution < -0.4 is 5.32 Å². The number of nitrogens with zero attached hydrogens (tertiary/aromatic N) is 3. The molecule has 2 heterocycles. The zero-order valence-electron chi connectivity index (χ0n) is 17.2. The van der Waals surface area contributed by atoms with Crippen LogP contribution in [0.2, 0.25) is 0 Å². The number of aryl methyl sites for hydroxylation is 4. The number of aromatic nitrogens is 3. The fraction of sp³-hybridized carbons (Fsp3) is 0.435. The first-order valence-corrected chi connectivity index (χ1v) is 10.2. The molecule has 1 aromatic carbocycles. The minimum Gasteiger partial charge on any atom is -0.321 e. The molecule has 3 aromatic rings. The summed E-state index contributed by atoms with van der Waals surface area (Å²) in [7, 11) is 0. The maximum absolute atomic E-state index is 13.3. The molecule has 1 amide bonds. The van der Waals surface area contributed by atoms with E-state index in [9.17, 15) is 4.79 Å². The van der Waals surface area contributed by atoms with E-state index in [1.807, 2.05) is 49.7 Å². The molecule has 1 aliphatic rings. The summed E-state index contributed by atoms with van der Waals surface area (Å²) >= 11 is 0. The van der Waals surface area contributed by atoms with E-state index in [0.29, 0.717) is 11.5 Å². The third-order valence-electron chi connectivity index (χ3n) is 5.58. The van der Waals surface area contributed by atoms with Crippen molar-refractivity contribution in [3.63, 3.8) is 0 Å². The van der Waals surface area contributed by atoms with Gasteiger partial charge in [-0.1, -0.05) is 31.5 Å². The van der Waals surface area contributed by atoms with E-state index in [4.69, 9.17) is 10.1 Å². The summed E-state index contributed by atoms with van der Waals surface area (Å²) in [5.41, 5.74) is 6.45. The Balaban J connectivity index is 1.81. The minimum absolute atomic E-state index is 0.0789. The molecule has 1 N–H and O–H groups in total. The van der Waals surface area contributed by atoms with E-state index >= 15 is 0 Å². The summed E-state index contributed by atoms with van der Waals surface area (Å²) in [6.45, 7) is 9.02. The zero-order valence-corrected chi connectivity index (χ0v) is 17.2. The SMILES string of the molecule is CCCCn1nc(C)c2c(C(=O)Nc3c(C)cccc3C)cc(C3CC3)nc21. The molecule has 5 nitrogen and oxygen atoms in total. The molecule has 0 spiro atoms. The van der Waals surface area contributed by atoms with Crippen LogP contribution in [0.25, 0.3) is 11.0 Å². The van der Waals surface area contributed by atoms with Gasteiger partial charge < -0.3 is 5.32 Å². The van der Waals surface area contributed by atoms with Gasteiger partial charge in [-0.25, -0.2) is 9.67 Å². The lowest BCUT2D eigenvalue weighted by molar-refractivity contribution is 0.102. The predicted molar refractivity (Wildman–Crippen MR) is 113 cm³/mol. The molecule has 0 bridgehead atoms. The molecule has 0 unspecified atom stereocenters. The van der Waals surface area contributed by atoms with Gasteiger partial charge in [-0.05, 0) is 57.2 Å². The van der Waals surface area contributed by atoms with Crippen LogP contribution >= 0.6 is 0 Å². The van der Waals surface area contributed by atoms with Crippen molar-refractivity contribution in [1.82, 2.24) is 14.8 Å². The van der Waals surface area contributed by atoms with Crippen molar-refractivity contribution < 1.29 is 4.79 Å². The van der Waals surface area contributed by atoms with Crippen LogP contribution in [0.1, 0.15) is 71.4 Å². The molecular weight excluding hydrogens is 348 g/mol. The molecule has 4 rings (SSSR count). The van der Waals surface area contributed by atoms with Gasteiger partial charge in [-0.3, -0.25) is 4.79 Å². The Labute approximate surface area is 166 Å². The molecule has 0 atom stereocenters. The largest absolute Gasteiger partial charge is 0.321 e. The first-order valence-electron chi connectivity index (χ1n) is 10.2. The van der Waals surface area contributed by atoms with Gasteiger partial charge in [-0.2, -0.15) is 5.10 Å². The second kappa shape index (κ2) is 7.38. The van der Waals surface area contributed by atoms with E-state index in [1.165, 1.54) is 0 Å². The lowest BCUT2D eigenvalue weighted by Crippen LogP contribution is -2.15. The van der Waals surface area contributed by atoms with Crippen LogP contribution in [-0.2, 0) is 6.54 Å². The number of nitrogens with one attached hydrogen (secondary N) is 1. The highest BCUT2D eigenvalue weighted by molar-refractivity contribution is 6.13. The van der Waals surface area contributed by atoms with E-state index in [-0.39, 0.29) is 5.91 Å². The number of hydrogen-bond donors (Lipinski definition) is 1. The van der Waals surface area contributed by atoms with Gasteiger partial charge >= 0.3 is 0 Å². The number of carbonyl (C=O) groups excluding carboxylic acids is 1. The second-order valence-corrected chi connectivity index (χ2v) is 7.95. The van der Waals surface area contributed by atoms with Gasteiger partial charge in [0.25, 0.3) is 5.91 Å². The van der Waals surface area contributed by atoms with Crippen molar-refractivity contribution in [3.05, 3.63) is 52.3 Å². The van der Waals surface area contributed by atoms with Gasteiger partial charge in [0.2, 0.25) is 0 Å². The predicted octanol–water partition coefficient (Wildman–Crippen LogP) is 5.29. The Morgan fingerprint density at radius 2 is 1.93 bits per heavy atom. The number of fused-ring (bicyclic) bond motifs is 1. The molecule has 0 aliphatic heterocycles. The maximum Gasteiger partial charge on any atom is 0.256 e. The van der Waals surface area contributed by atoms with E-state index in [2.05, 4.69) is 12.2 Å². The van der Waals surface area contributed by atoms with Crippen LogP contribution in [0.3, 0.4) is 0 Å². The number of unbranched alkanes of at least 4 members (excludes halogenated alkanes) is 1. The first-order chi connectivity index (χ1) is 13.5. The zero-order chi connectivity index (χ0) is 19.8. The van der Waals surface area contributed by atoms with Crippen LogP contribution in [0.4, 0.5) is 5.69 Å². The first kappa shape index (κ1) is 18.7. The standard InChI is InChI=1S/C23H28N4O/c1-5-6-12-27-22-20(16(4)26-27)18(13-19(24-22)17-10-11-17)23(28)25-21-14(2)8-7-9-15(21)3/h7-9,13,17H,5-6,10-12H2,1-4H3,(H,25,28). The Bertz CT molecular complexity index is 1030. The summed E-state index contributed by atoms with van der Waals surface area (Å²) in [6.07, 6.45) is 4.45. The number of para-hydroxylation sites is 1. The Morgan fingerprint density at radius 1 is 1.21 bits per heavy atom. The number of hydrogen-bond acceptors (Lipinski definition) is 3. The molecule has 1 saturated carbocycles.